The van der Waals surface area contributed by atoms with Gasteiger partial charge in [0.2, 0.25) is 6.29 Å². The molecular weight excluding hydrogens is 1720 g/mol. The molecule has 43 heteroatoms. The molecule has 1 aromatic carbocycles. The van der Waals surface area contributed by atoms with Gasteiger partial charge in [-0.2, -0.15) is 0 Å². The van der Waals surface area contributed by atoms with E-state index in [2.05, 4.69) is 40.7 Å². The van der Waals surface area contributed by atoms with Crippen molar-refractivity contribution in [1.82, 2.24) is 0 Å². The molecule has 0 bridgehead atoms. The third-order valence-electron chi connectivity index (χ3n) is 31.0. The van der Waals surface area contributed by atoms with Crippen molar-refractivity contribution in [3.63, 3.8) is 0 Å². The van der Waals surface area contributed by atoms with E-state index in [-0.39, 0.29) is 41.3 Å². The summed E-state index contributed by atoms with van der Waals surface area (Å²) in [5.74, 6) is -2.46. The summed E-state index contributed by atoms with van der Waals surface area (Å²) in [4.78, 5) is 28.5. The van der Waals surface area contributed by atoms with Gasteiger partial charge in [0, 0.05) is 11.5 Å². The van der Waals surface area contributed by atoms with Crippen molar-refractivity contribution in [3.8, 4) is 11.5 Å². The van der Waals surface area contributed by atoms with Crippen LogP contribution in [0.15, 0.2) is 35.9 Å². The molecule has 23 N–H and O–H groups in total. The molecule has 0 aromatic heterocycles. The zero-order chi connectivity index (χ0) is 93.7. The number of allylic oxidation sites excluding steroid dienone is 2. The molecule has 13 aliphatic rings. The van der Waals surface area contributed by atoms with E-state index in [9.17, 15) is 122 Å². The van der Waals surface area contributed by atoms with E-state index in [1.165, 1.54) is 45.2 Å². The maximum atomic E-state index is 15.5. The Morgan fingerprint density at radius 1 is 0.473 bits per heavy atom. The molecule has 734 valence electrons. The van der Waals surface area contributed by atoms with Gasteiger partial charge in [0.15, 0.2) is 61.6 Å². The number of esters is 2. The molecule has 5 aliphatic carbocycles. The van der Waals surface area contributed by atoms with Crippen molar-refractivity contribution in [2.75, 3.05) is 53.4 Å². The Labute approximate surface area is 743 Å². The van der Waals surface area contributed by atoms with Crippen molar-refractivity contribution < 1.29 is 212 Å². The lowest BCUT2D eigenvalue weighted by Crippen LogP contribution is -2.67. The highest BCUT2D eigenvalue weighted by atomic mass is 16.8. The Bertz CT molecular complexity index is 4000. The van der Waals surface area contributed by atoms with E-state index in [0.29, 0.717) is 69.8 Å². The first-order valence-corrected chi connectivity index (χ1v) is 44.4. The van der Waals surface area contributed by atoms with E-state index < -0.39 is 318 Å². The highest BCUT2D eigenvalue weighted by molar-refractivity contribution is 5.87. The Morgan fingerprint density at radius 2 is 1.02 bits per heavy atom. The number of carbonyl (C=O) groups is 2. The maximum absolute atomic E-state index is 15.5. The lowest BCUT2D eigenvalue weighted by molar-refractivity contribution is -0.386. The second-order valence-electron chi connectivity index (χ2n) is 39.1. The van der Waals surface area contributed by atoms with E-state index in [1.807, 2.05) is 6.92 Å². The first-order chi connectivity index (χ1) is 60.9. The van der Waals surface area contributed by atoms with Crippen LogP contribution in [-0.4, -0.2) is 422 Å². The van der Waals surface area contributed by atoms with Crippen molar-refractivity contribution in [2.45, 2.75) is 359 Å². The van der Waals surface area contributed by atoms with E-state index in [4.69, 9.17) is 85.3 Å². The maximum Gasteiger partial charge on any atom is 0.331 e. The predicted molar refractivity (Wildman–Crippen MR) is 427 cm³/mol. The first kappa shape index (κ1) is 101. The predicted octanol–water partition coefficient (Wildman–Crippen LogP) is -6.45. The Hall–Kier alpha value is -4.24. The average Bonchev–Trinajstić information content (AvgIpc) is 0.672. The summed E-state index contributed by atoms with van der Waals surface area (Å²) in [5, 5.41) is 256. The van der Waals surface area contributed by atoms with Crippen LogP contribution in [0.1, 0.15) is 125 Å². The Kier molecular flexibility index (Phi) is 31.0. The number of benzene rings is 1. The highest BCUT2D eigenvalue weighted by Gasteiger charge is 2.72. The molecule has 1 aromatic rings. The normalized spacial score (nSPS) is 50.7. The van der Waals surface area contributed by atoms with Gasteiger partial charge in [-0.3, -0.25) is 4.79 Å². The summed E-state index contributed by atoms with van der Waals surface area (Å²) in [6.45, 7) is 11.0. The lowest BCUT2D eigenvalue weighted by Gasteiger charge is -2.71. The molecule has 0 spiro atoms. The van der Waals surface area contributed by atoms with Crippen LogP contribution in [0.2, 0.25) is 0 Å². The van der Waals surface area contributed by atoms with Gasteiger partial charge in [0.25, 0.3) is 0 Å². The number of phenolic OH excluding ortho intramolecular Hbond substituents is 1. The molecule has 0 radical (unpaired) electrons. The lowest BCUT2D eigenvalue weighted by atomic mass is 9.33. The fourth-order valence-electron chi connectivity index (χ4n) is 22.9. The van der Waals surface area contributed by atoms with Crippen LogP contribution in [0.4, 0.5) is 0 Å². The van der Waals surface area contributed by atoms with Gasteiger partial charge in [-0.05, 0) is 141 Å². The molecule has 129 heavy (non-hydrogen) atoms. The number of hydrogen-bond acceptors (Lipinski definition) is 43. The molecule has 8 saturated heterocycles. The fraction of sp³-hybridized carbons (Fsp3) is 0.860. The number of methoxy groups -OCH3 is 1. The Morgan fingerprint density at radius 3 is 1.67 bits per heavy atom. The van der Waals surface area contributed by atoms with Crippen LogP contribution in [0.3, 0.4) is 0 Å². The van der Waals surface area contributed by atoms with Gasteiger partial charge in [-0.15, -0.1) is 0 Å². The van der Waals surface area contributed by atoms with Crippen molar-refractivity contribution in [2.24, 2.45) is 50.2 Å². The number of rotatable bonds is 25. The molecule has 43 nitrogen and oxygen atoms in total. The number of hydrogen-bond donors (Lipinski definition) is 23. The first-order valence-electron chi connectivity index (χ1n) is 44.4. The fourth-order valence-corrected chi connectivity index (χ4v) is 22.9. The summed E-state index contributed by atoms with van der Waals surface area (Å²) in [7, 11) is 1.34. The van der Waals surface area contributed by atoms with Gasteiger partial charge in [-0.25, -0.2) is 4.79 Å². The second-order valence-corrected chi connectivity index (χ2v) is 39.1. The number of ether oxygens (including phenoxy) is 18. The molecule has 8 aliphatic heterocycles. The summed E-state index contributed by atoms with van der Waals surface area (Å²) in [5.41, 5.74) is -2.37. The smallest absolute Gasteiger partial charge is 0.331 e. The van der Waals surface area contributed by atoms with Crippen LogP contribution >= 0.6 is 0 Å². The van der Waals surface area contributed by atoms with Gasteiger partial charge in [0.05, 0.1) is 77.1 Å². The Balaban J connectivity index is 0.595. The highest BCUT2D eigenvalue weighted by Crippen LogP contribution is 2.76. The average molecular weight is 1850 g/mol. The van der Waals surface area contributed by atoms with Gasteiger partial charge < -0.3 is 203 Å². The summed E-state index contributed by atoms with van der Waals surface area (Å²) < 4.78 is 106. The minimum Gasteiger partial charge on any atom is -0.504 e. The number of aromatic hydroxyl groups is 1. The SMILES string of the molecule is COc1ccc(C=CC(=O)OC2C(O)C(CO)OC(OC3C(CO)OC(OC4COC(OC5C(O)C(C)OC(OC6C(OC7CCC8(C)C(CCC9(C)C8CC=C8C%10CC(C)(C)CCC%10(C(=O)OC%10OC(COC%11OC(CO)C(OC%12OC(C)C(O)C(O)C%12O)C(O)C%11O)C(O)C(O)C%10O)CCC89C)C7(C)CO)OCC(O)C6O)C5O)C(O)C4O)C(O)C3O)C2O)cc1O. The number of phenols is 1. The standard InChI is InChI=1S/C86H132O43/c1-33-50(94)56(100)61(105)74(116-33)125-67-42(27-88)119-72(63(107)58(67)102)114-30-44-53(97)57(101)62(106)76(122-44)129-80(111)86-22-20-81(3,4)25-37(86)36-12-14-47-82(5)18-17-48(83(6,32-90)46(82)16-19-85(47,8)84(36,7)21-23-86)123-79-71(52(96)39(92)29-113-79)128-77-65(109)69(51(95)34(2)117-77)127-73-60(104)54(98)45(31-115-73)121-75-64(108)59(103)68(43(28-89)120-75)126-78-66(110)70(55(99)41(26-87)118-78)124-49(93)15-11-35-10-13-40(112-9)38(91)24-35/h10-13,15,24,33-34,37,39,41-48,50-79,87-92,94-110H,14,16-23,25-32H2,1-9H3. The summed E-state index contributed by atoms with van der Waals surface area (Å²) in [6.07, 6.45) is -58.0. The zero-order valence-electron chi connectivity index (χ0n) is 73.2. The zero-order valence-corrected chi connectivity index (χ0v) is 73.2. The summed E-state index contributed by atoms with van der Waals surface area (Å²) >= 11 is 0. The van der Waals surface area contributed by atoms with Crippen LogP contribution in [0, 0.1) is 50.2 Å². The molecule has 0 amide bonds. The minimum absolute atomic E-state index is 0.000201. The van der Waals surface area contributed by atoms with Gasteiger partial charge in [-0.1, -0.05) is 59.3 Å². The minimum atomic E-state index is -2.11. The topological polar surface area (TPSA) is 666 Å². The third kappa shape index (κ3) is 18.8. The largest absolute Gasteiger partial charge is 0.504 e. The molecule has 14 rings (SSSR count). The van der Waals surface area contributed by atoms with E-state index in [0.717, 1.165) is 11.6 Å². The van der Waals surface area contributed by atoms with Crippen LogP contribution < -0.4 is 4.74 Å². The molecule has 47 unspecified atom stereocenters. The van der Waals surface area contributed by atoms with Crippen molar-refractivity contribution in [3.05, 3.63) is 41.5 Å². The van der Waals surface area contributed by atoms with Gasteiger partial charge >= 0.3 is 11.9 Å². The molecule has 12 fully saturated rings. The summed E-state index contributed by atoms with van der Waals surface area (Å²) in [6, 6.07) is 4.22. The number of aliphatic hydroxyl groups is 22. The van der Waals surface area contributed by atoms with Crippen molar-refractivity contribution >= 4 is 18.0 Å². The molecule has 4 saturated carbocycles. The second kappa shape index (κ2) is 39.7. The van der Waals surface area contributed by atoms with Gasteiger partial charge in [0.1, 0.15) is 165 Å². The molecule has 47 atom stereocenters. The van der Waals surface area contributed by atoms with Crippen LogP contribution in [0.5, 0.6) is 11.5 Å². The number of aliphatic hydroxyl groups excluding tert-OH is 22. The number of fused-ring (bicyclic) bond motifs is 7. The van der Waals surface area contributed by atoms with Crippen molar-refractivity contribution in [1.29, 1.82) is 0 Å². The molecular formula is C86H132O43. The van der Waals surface area contributed by atoms with E-state index >= 15 is 4.79 Å². The van der Waals surface area contributed by atoms with Crippen LogP contribution in [0.25, 0.3) is 6.08 Å². The quantitative estimate of drug-likeness (QED) is 0.0187. The van der Waals surface area contributed by atoms with E-state index in [1.54, 1.807) is 0 Å². The number of carbonyl (C=O) groups excluding carboxylic acids is 2. The van der Waals surface area contributed by atoms with Crippen LogP contribution in [-0.2, 0) is 90.1 Å². The third-order valence-corrected chi connectivity index (χ3v) is 31.0. The monoisotopic (exact) mass is 1850 g/mol. The molecule has 8 heterocycles.